The number of carbonyl (C=O) groups excluding carboxylic acids is 1. The number of benzene rings is 2. The average molecular weight is 415 g/mol. The molecule has 4 rings (SSSR count). The van der Waals surface area contributed by atoms with Crippen molar-refractivity contribution in [3.8, 4) is 17.2 Å². The Morgan fingerprint density at radius 3 is 2.29 bits per heavy atom. The van der Waals surface area contributed by atoms with Crippen molar-refractivity contribution in [3.05, 3.63) is 94.6 Å². The zero-order valence-corrected chi connectivity index (χ0v) is 17.4. The first-order valence-corrected chi connectivity index (χ1v) is 9.77. The van der Waals surface area contributed by atoms with Gasteiger partial charge in [-0.05, 0) is 47.4 Å². The number of hydrogen-bond donors (Lipinski definition) is 0. The molecule has 156 valence electrons. The topological polar surface area (TPSA) is 78.6 Å². The van der Waals surface area contributed by atoms with Crippen molar-refractivity contribution in [2.45, 2.75) is 26.2 Å². The highest BCUT2D eigenvalue weighted by atomic mass is 16.5. The van der Waals surface area contributed by atoms with Gasteiger partial charge >= 0.3 is 5.97 Å². The highest BCUT2D eigenvalue weighted by molar-refractivity contribution is 5.91. The van der Waals surface area contributed by atoms with Gasteiger partial charge in [-0.2, -0.15) is 0 Å². The van der Waals surface area contributed by atoms with Crippen LogP contribution in [0.15, 0.2) is 82.5 Å². The second-order valence-corrected chi connectivity index (χ2v) is 8.09. The molecule has 2 heterocycles. The lowest BCUT2D eigenvalue weighted by atomic mass is 9.87. The van der Waals surface area contributed by atoms with Gasteiger partial charge < -0.3 is 13.9 Å². The molecule has 0 aliphatic rings. The standard InChI is InChI=1S/C25H21NO5/c1-25(2,3)17-4-6-18(7-5-17)30-22-15-29-21-14-19(8-9-20(21)23(22)27)31-24(28)16-10-12-26-13-11-16/h4-15H,1-3H3. The third kappa shape index (κ3) is 4.48. The number of nitrogens with zero attached hydrogens (tertiary/aromatic N) is 1. The van der Waals surface area contributed by atoms with Gasteiger partial charge in [-0.25, -0.2) is 4.79 Å². The maximum atomic E-state index is 12.8. The van der Waals surface area contributed by atoms with Crippen molar-refractivity contribution >= 4 is 16.9 Å². The maximum Gasteiger partial charge on any atom is 0.343 e. The second kappa shape index (κ2) is 8.07. The van der Waals surface area contributed by atoms with Crippen molar-refractivity contribution in [1.29, 1.82) is 0 Å². The van der Waals surface area contributed by atoms with E-state index in [1.54, 1.807) is 24.3 Å². The molecule has 0 spiro atoms. The number of rotatable bonds is 4. The average Bonchev–Trinajstić information content (AvgIpc) is 2.76. The third-order valence-corrected chi connectivity index (χ3v) is 4.79. The third-order valence-electron chi connectivity index (χ3n) is 4.79. The molecule has 6 nitrogen and oxygen atoms in total. The van der Waals surface area contributed by atoms with E-state index in [0.717, 1.165) is 0 Å². The molecule has 4 aromatic rings. The molecular formula is C25H21NO5. The van der Waals surface area contributed by atoms with E-state index >= 15 is 0 Å². The van der Waals surface area contributed by atoms with E-state index in [1.807, 2.05) is 24.3 Å². The lowest BCUT2D eigenvalue weighted by molar-refractivity contribution is 0.0735. The summed E-state index contributed by atoms with van der Waals surface area (Å²) in [5.41, 5.74) is 1.55. The lowest BCUT2D eigenvalue weighted by Gasteiger charge is -2.19. The van der Waals surface area contributed by atoms with Crippen LogP contribution in [0.25, 0.3) is 11.0 Å². The van der Waals surface area contributed by atoms with E-state index in [2.05, 4.69) is 25.8 Å². The molecule has 0 aliphatic heterocycles. The zero-order chi connectivity index (χ0) is 22.0. The summed E-state index contributed by atoms with van der Waals surface area (Å²) in [5, 5.41) is 0.326. The predicted molar refractivity (Wildman–Crippen MR) is 117 cm³/mol. The van der Waals surface area contributed by atoms with Gasteiger partial charge in [0.2, 0.25) is 11.2 Å². The number of carbonyl (C=O) groups is 1. The normalized spacial score (nSPS) is 11.3. The van der Waals surface area contributed by atoms with E-state index in [4.69, 9.17) is 13.9 Å². The van der Waals surface area contributed by atoms with Crippen LogP contribution in [0.2, 0.25) is 0 Å². The molecule has 2 aromatic heterocycles. The molecule has 0 saturated heterocycles. The first kappa shape index (κ1) is 20.3. The van der Waals surface area contributed by atoms with Gasteiger partial charge in [-0.3, -0.25) is 9.78 Å². The zero-order valence-electron chi connectivity index (χ0n) is 17.4. The minimum absolute atomic E-state index is 0.0269. The van der Waals surface area contributed by atoms with Crippen LogP contribution in [0.4, 0.5) is 0 Å². The summed E-state index contributed by atoms with van der Waals surface area (Å²) in [4.78, 5) is 28.9. The Labute approximate surface area is 179 Å². The molecule has 2 aromatic carbocycles. The van der Waals surface area contributed by atoms with Crippen molar-refractivity contribution in [1.82, 2.24) is 4.98 Å². The fourth-order valence-corrected chi connectivity index (χ4v) is 3.03. The number of esters is 1. The van der Waals surface area contributed by atoms with Crippen molar-refractivity contribution in [2.75, 3.05) is 0 Å². The molecule has 0 amide bonds. The van der Waals surface area contributed by atoms with E-state index in [-0.39, 0.29) is 22.3 Å². The first-order valence-electron chi connectivity index (χ1n) is 9.77. The van der Waals surface area contributed by atoms with Crippen LogP contribution in [0.3, 0.4) is 0 Å². The summed E-state index contributed by atoms with van der Waals surface area (Å²) < 4.78 is 16.7. The summed E-state index contributed by atoms with van der Waals surface area (Å²) in [6.07, 6.45) is 4.28. The van der Waals surface area contributed by atoms with Crippen LogP contribution in [0.1, 0.15) is 36.7 Å². The highest BCUT2D eigenvalue weighted by Crippen LogP contribution is 2.27. The van der Waals surface area contributed by atoms with Crippen LogP contribution in [0.5, 0.6) is 17.2 Å². The Morgan fingerprint density at radius 1 is 0.935 bits per heavy atom. The largest absolute Gasteiger partial charge is 0.460 e. The van der Waals surface area contributed by atoms with Crippen LogP contribution in [-0.2, 0) is 5.41 Å². The van der Waals surface area contributed by atoms with Gasteiger partial charge in [-0.1, -0.05) is 32.9 Å². The van der Waals surface area contributed by atoms with Crippen LogP contribution in [0, 0.1) is 0 Å². The van der Waals surface area contributed by atoms with Crippen LogP contribution < -0.4 is 14.9 Å². The smallest absolute Gasteiger partial charge is 0.343 e. The summed E-state index contributed by atoms with van der Waals surface area (Å²) >= 11 is 0. The van der Waals surface area contributed by atoms with E-state index in [9.17, 15) is 9.59 Å². The Morgan fingerprint density at radius 2 is 1.61 bits per heavy atom. The fraction of sp³-hybridized carbons (Fsp3) is 0.160. The number of ether oxygens (including phenoxy) is 2. The van der Waals surface area contributed by atoms with Gasteiger partial charge in [0.1, 0.15) is 23.3 Å². The minimum atomic E-state index is -0.525. The number of pyridine rings is 1. The SMILES string of the molecule is CC(C)(C)c1ccc(Oc2coc3cc(OC(=O)c4ccncc4)ccc3c2=O)cc1. The van der Waals surface area contributed by atoms with E-state index in [0.29, 0.717) is 22.3 Å². The lowest BCUT2D eigenvalue weighted by Crippen LogP contribution is -2.10. The van der Waals surface area contributed by atoms with E-state index < -0.39 is 5.97 Å². The predicted octanol–water partition coefficient (Wildman–Crippen LogP) is 5.50. The number of aromatic nitrogens is 1. The quantitative estimate of drug-likeness (QED) is 0.324. The van der Waals surface area contributed by atoms with Gasteiger partial charge in [-0.15, -0.1) is 0 Å². The Bertz CT molecular complexity index is 1290. The van der Waals surface area contributed by atoms with Gasteiger partial charge in [0, 0.05) is 18.5 Å². The van der Waals surface area contributed by atoms with Crippen molar-refractivity contribution < 1.29 is 18.7 Å². The Hall–Kier alpha value is -3.93. The molecular weight excluding hydrogens is 394 g/mol. The fourth-order valence-electron chi connectivity index (χ4n) is 3.03. The Kier molecular flexibility index (Phi) is 5.29. The van der Waals surface area contributed by atoms with Crippen LogP contribution in [-0.4, -0.2) is 11.0 Å². The molecule has 0 saturated carbocycles. The Balaban J connectivity index is 1.56. The summed E-state index contributed by atoms with van der Waals surface area (Å²) in [7, 11) is 0. The number of hydrogen-bond acceptors (Lipinski definition) is 6. The first-order chi connectivity index (χ1) is 14.8. The molecule has 0 atom stereocenters. The summed E-state index contributed by atoms with van der Waals surface area (Å²) in [6.45, 7) is 6.39. The molecule has 0 radical (unpaired) electrons. The molecule has 31 heavy (non-hydrogen) atoms. The number of fused-ring (bicyclic) bond motifs is 1. The monoisotopic (exact) mass is 415 g/mol. The van der Waals surface area contributed by atoms with Gasteiger partial charge in [0.05, 0.1) is 10.9 Å². The highest BCUT2D eigenvalue weighted by Gasteiger charge is 2.15. The van der Waals surface area contributed by atoms with E-state index in [1.165, 1.54) is 30.3 Å². The summed E-state index contributed by atoms with van der Waals surface area (Å²) in [6, 6.07) is 15.3. The summed E-state index contributed by atoms with van der Waals surface area (Å²) in [5.74, 6) is 0.367. The minimum Gasteiger partial charge on any atom is -0.460 e. The van der Waals surface area contributed by atoms with Crippen LogP contribution >= 0.6 is 0 Å². The van der Waals surface area contributed by atoms with Gasteiger partial charge in [0.25, 0.3) is 0 Å². The van der Waals surface area contributed by atoms with Crippen molar-refractivity contribution in [3.63, 3.8) is 0 Å². The molecule has 0 bridgehead atoms. The molecule has 6 heteroatoms. The van der Waals surface area contributed by atoms with Crippen molar-refractivity contribution in [2.24, 2.45) is 0 Å². The molecule has 0 unspecified atom stereocenters. The molecule has 0 fully saturated rings. The second-order valence-electron chi connectivity index (χ2n) is 8.09. The molecule has 0 aliphatic carbocycles. The molecule has 0 N–H and O–H groups in total. The maximum absolute atomic E-state index is 12.8. The van der Waals surface area contributed by atoms with Gasteiger partial charge in [0.15, 0.2) is 0 Å².